The Morgan fingerprint density at radius 1 is 1.19 bits per heavy atom. The molecule has 0 radical (unpaired) electrons. The maximum Gasteiger partial charge on any atom is 0.239 e. The van der Waals surface area contributed by atoms with Gasteiger partial charge in [-0.25, -0.2) is 0 Å². The van der Waals surface area contributed by atoms with Gasteiger partial charge in [-0.1, -0.05) is 23.2 Å². The van der Waals surface area contributed by atoms with Gasteiger partial charge in [0.05, 0.1) is 13.2 Å². The van der Waals surface area contributed by atoms with Crippen LogP contribution >= 0.6 is 23.2 Å². The number of hydrogen-bond donors (Lipinski definition) is 3. The Labute approximate surface area is 132 Å². The third-order valence-electron chi connectivity index (χ3n) is 3.30. The largest absolute Gasteiger partial charge is 0.395 e. The molecule has 5 nitrogen and oxygen atoms in total. The Morgan fingerprint density at radius 2 is 1.86 bits per heavy atom. The van der Waals surface area contributed by atoms with Gasteiger partial charge in [0, 0.05) is 22.5 Å². The highest BCUT2D eigenvalue weighted by molar-refractivity contribution is 6.34. The lowest BCUT2D eigenvalue weighted by Crippen LogP contribution is -2.38. The maximum atomic E-state index is 11.9. The van der Waals surface area contributed by atoms with E-state index in [0.717, 1.165) is 12.0 Å². The van der Waals surface area contributed by atoms with Crippen molar-refractivity contribution >= 4 is 35.0 Å². The van der Waals surface area contributed by atoms with Gasteiger partial charge in [0.2, 0.25) is 11.8 Å². The molecule has 1 aliphatic carbocycles. The molecule has 7 heteroatoms. The van der Waals surface area contributed by atoms with Crippen LogP contribution in [0.25, 0.3) is 0 Å². The smallest absolute Gasteiger partial charge is 0.239 e. The minimum absolute atomic E-state index is 0.0850. The molecule has 1 fully saturated rings. The van der Waals surface area contributed by atoms with Gasteiger partial charge >= 0.3 is 0 Å². The number of carbonyl (C=O) groups excluding carboxylic acids is 2. The van der Waals surface area contributed by atoms with Crippen molar-refractivity contribution in [2.24, 2.45) is 5.92 Å². The average Bonchev–Trinajstić information content (AvgIpc) is 3.22. The molecule has 114 valence electrons. The first-order valence-electron chi connectivity index (χ1n) is 6.62. The maximum absolute atomic E-state index is 11.9. The van der Waals surface area contributed by atoms with Crippen molar-refractivity contribution in [2.45, 2.75) is 12.3 Å². The molecule has 0 aliphatic heterocycles. The van der Waals surface area contributed by atoms with Crippen LogP contribution in [-0.4, -0.2) is 36.6 Å². The quantitative estimate of drug-likeness (QED) is 0.736. The monoisotopic (exact) mass is 330 g/mol. The summed E-state index contributed by atoms with van der Waals surface area (Å²) in [6, 6.07) is 5.26. The summed E-state index contributed by atoms with van der Waals surface area (Å²) in [5.41, 5.74) is 0.942. The van der Waals surface area contributed by atoms with Crippen LogP contribution in [0.2, 0.25) is 10.0 Å². The zero-order valence-electron chi connectivity index (χ0n) is 11.2. The minimum atomic E-state index is -0.319. The summed E-state index contributed by atoms with van der Waals surface area (Å²) in [6.07, 6.45) is 0.723. The van der Waals surface area contributed by atoms with E-state index in [0.29, 0.717) is 10.0 Å². The molecule has 1 saturated carbocycles. The molecule has 0 aromatic heterocycles. The van der Waals surface area contributed by atoms with Crippen LogP contribution in [0.5, 0.6) is 0 Å². The number of nitrogens with one attached hydrogen (secondary N) is 2. The van der Waals surface area contributed by atoms with Gasteiger partial charge < -0.3 is 15.7 Å². The number of benzene rings is 1. The number of amides is 2. The van der Waals surface area contributed by atoms with E-state index in [1.807, 2.05) is 0 Å². The molecule has 2 amide bonds. The van der Waals surface area contributed by atoms with Crippen LogP contribution in [0.15, 0.2) is 18.2 Å². The van der Waals surface area contributed by atoms with Crippen LogP contribution in [0.3, 0.4) is 0 Å². The lowest BCUT2D eigenvalue weighted by Gasteiger charge is -2.06. The van der Waals surface area contributed by atoms with Crippen molar-refractivity contribution in [3.63, 3.8) is 0 Å². The molecule has 21 heavy (non-hydrogen) atoms. The van der Waals surface area contributed by atoms with Crippen molar-refractivity contribution in [3.05, 3.63) is 33.8 Å². The molecular weight excluding hydrogens is 315 g/mol. The molecular formula is C14H16Cl2N2O3. The van der Waals surface area contributed by atoms with Crippen LogP contribution in [-0.2, 0) is 9.59 Å². The van der Waals surface area contributed by atoms with E-state index in [4.69, 9.17) is 28.3 Å². The molecule has 2 atom stereocenters. The Hall–Kier alpha value is -1.30. The number of halogens is 2. The topological polar surface area (TPSA) is 78.4 Å². The fourth-order valence-electron chi connectivity index (χ4n) is 2.20. The summed E-state index contributed by atoms with van der Waals surface area (Å²) in [4.78, 5) is 23.2. The standard InChI is InChI=1S/C14H16Cl2N2O3/c15-9-3-8(4-10(16)5-9)11-6-12(11)14(21)18-7-13(20)17-1-2-19/h3-5,11-12,19H,1-2,6-7H2,(H,17,20)(H,18,21). The lowest BCUT2D eigenvalue weighted by molar-refractivity contribution is -0.126. The zero-order valence-corrected chi connectivity index (χ0v) is 12.7. The third kappa shape index (κ3) is 4.59. The molecule has 0 spiro atoms. The van der Waals surface area contributed by atoms with Crippen LogP contribution in [0, 0.1) is 5.92 Å². The summed E-state index contributed by atoms with van der Waals surface area (Å²) >= 11 is 11.9. The minimum Gasteiger partial charge on any atom is -0.395 e. The molecule has 0 saturated heterocycles. The van der Waals surface area contributed by atoms with E-state index in [9.17, 15) is 9.59 Å². The highest BCUT2D eigenvalue weighted by Crippen LogP contribution is 2.48. The molecule has 1 aliphatic rings. The number of aliphatic hydroxyl groups is 1. The zero-order chi connectivity index (χ0) is 15.4. The Balaban J connectivity index is 1.82. The van der Waals surface area contributed by atoms with Crippen molar-refractivity contribution in [1.82, 2.24) is 10.6 Å². The number of hydrogen-bond acceptors (Lipinski definition) is 3. The van der Waals surface area contributed by atoms with Crippen molar-refractivity contribution in [1.29, 1.82) is 0 Å². The van der Waals surface area contributed by atoms with E-state index >= 15 is 0 Å². The molecule has 1 aromatic carbocycles. The predicted molar refractivity (Wildman–Crippen MR) is 80.4 cm³/mol. The first-order chi connectivity index (χ1) is 10.0. The normalized spacial score (nSPS) is 20.0. The number of carbonyl (C=O) groups is 2. The molecule has 2 unspecified atom stereocenters. The SMILES string of the molecule is O=C(CNC(=O)C1CC1c1cc(Cl)cc(Cl)c1)NCCO. The van der Waals surface area contributed by atoms with E-state index in [1.165, 1.54) is 0 Å². The average molecular weight is 331 g/mol. The molecule has 0 heterocycles. The summed E-state index contributed by atoms with van der Waals surface area (Å²) < 4.78 is 0. The van der Waals surface area contributed by atoms with Gasteiger partial charge in [0.25, 0.3) is 0 Å². The molecule has 3 N–H and O–H groups in total. The van der Waals surface area contributed by atoms with Gasteiger partial charge in [-0.3, -0.25) is 9.59 Å². The van der Waals surface area contributed by atoms with E-state index < -0.39 is 0 Å². The summed E-state index contributed by atoms with van der Waals surface area (Å²) in [7, 11) is 0. The predicted octanol–water partition coefficient (Wildman–Crippen LogP) is 1.32. The highest BCUT2D eigenvalue weighted by Gasteiger charge is 2.44. The second-order valence-corrected chi connectivity index (χ2v) is 5.82. The first-order valence-corrected chi connectivity index (χ1v) is 7.38. The molecule has 2 rings (SSSR count). The third-order valence-corrected chi connectivity index (χ3v) is 3.73. The van der Waals surface area contributed by atoms with Gasteiger partial charge in [-0.05, 0) is 36.1 Å². The van der Waals surface area contributed by atoms with Gasteiger partial charge in [0.1, 0.15) is 0 Å². The highest BCUT2D eigenvalue weighted by atomic mass is 35.5. The van der Waals surface area contributed by atoms with Crippen molar-refractivity contribution in [3.8, 4) is 0 Å². The van der Waals surface area contributed by atoms with Crippen LogP contribution in [0.1, 0.15) is 17.9 Å². The molecule has 1 aromatic rings. The Bertz CT molecular complexity index is 531. The van der Waals surface area contributed by atoms with Crippen molar-refractivity contribution in [2.75, 3.05) is 19.7 Å². The summed E-state index contributed by atoms with van der Waals surface area (Å²) in [5, 5.41) is 14.7. The van der Waals surface area contributed by atoms with Crippen LogP contribution < -0.4 is 10.6 Å². The fourth-order valence-corrected chi connectivity index (χ4v) is 2.74. The second-order valence-electron chi connectivity index (χ2n) is 4.94. The van der Waals surface area contributed by atoms with Gasteiger partial charge in [-0.15, -0.1) is 0 Å². The lowest BCUT2D eigenvalue weighted by atomic mass is 10.1. The summed E-state index contributed by atoms with van der Waals surface area (Å²) in [6.45, 7) is -0.0277. The van der Waals surface area contributed by atoms with E-state index in [2.05, 4.69) is 10.6 Å². The second kappa shape index (κ2) is 7.11. The first kappa shape index (κ1) is 16.1. The Morgan fingerprint density at radius 3 is 2.48 bits per heavy atom. The van der Waals surface area contributed by atoms with Gasteiger partial charge in [0.15, 0.2) is 0 Å². The number of rotatable bonds is 6. The van der Waals surface area contributed by atoms with Crippen LogP contribution in [0.4, 0.5) is 0 Å². The van der Waals surface area contributed by atoms with Crippen molar-refractivity contribution < 1.29 is 14.7 Å². The molecule has 0 bridgehead atoms. The number of aliphatic hydroxyl groups excluding tert-OH is 1. The fraction of sp³-hybridized carbons (Fsp3) is 0.429. The Kier molecular flexibility index (Phi) is 5.45. The van der Waals surface area contributed by atoms with E-state index in [-0.39, 0.29) is 43.3 Å². The van der Waals surface area contributed by atoms with E-state index in [1.54, 1.807) is 18.2 Å². The summed E-state index contributed by atoms with van der Waals surface area (Å²) in [5.74, 6) is -0.525. The van der Waals surface area contributed by atoms with Gasteiger partial charge in [-0.2, -0.15) is 0 Å².